The number of likely N-dealkylation sites (tertiary alicyclic amines) is 1. The van der Waals surface area contributed by atoms with E-state index < -0.39 is 65.8 Å². The Kier molecular flexibility index (Phi) is 13.7. The number of urea groups is 1. The number of nitrogens with zero attached hydrogens (tertiary/aromatic N) is 2. The van der Waals surface area contributed by atoms with E-state index in [-0.39, 0.29) is 41.4 Å². The number of amides is 7. The van der Waals surface area contributed by atoms with Crippen LogP contribution in [0.25, 0.3) is 0 Å². The van der Waals surface area contributed by atoms with E-state index in [9.17, 15) is 33.6 Å². The fraction of sp³-hybridized carbons (Fsp3) is 0.625. The molecule has 3 fully saturated rings. The van der Waals surface area contributed by atoms with Crippen LogP contribution in [0.1, 0.15) is 91.2 Å². The molecule has 0 radical (unpaired) electrons. The summed E-state index contributed by atoms with van der Waals surface area (Å²) in [4.78, 5) is 97.1. The molecule has 14 heteroatoms. The van der Waals surface area contributed by atoms with Crippen molar-refractivity contribution < 1.29 is 33.6 Å². The Balaban J connectivity index is 1.47. The standard InChI is InChI=1S/C40H59N7O7/c1-9-10-21-27(33(49)35(51)41-22-28(48)43-30(36(52)46(7)8)24-17-13-11-14-18-24)42-34(50)32-29-26(40(29,5)6)23-47(32)37(53)31(25-19-15-12-16-20-25)44-38(54)45-39(2,3)4/h9,11,13-14,17-18,25-27,29-32H,1,10,12,15-16,19-23H2,2-8H3,(H,41,51)(H,42,50)(H,43,48)(H2,44,45,54)/t26?,27?,29?,30-,31?,32-/m0/s1. The third-order valence-electron chi connectivity index (χ3n) is 11.0. The molecule has 1 aromatic carbocycles. The van der Waals surface area contributed by atoms with Crippen LogP contribution < -0.4 is 26.6 Å². The number of hydrogen-bond donors (Lipinski definition) is 5. The largest absolute Gasteiger partial charge is 0.347 e. The van der Waals surface area contributed by atoms with Gasteiger partial charge in [0.1, 0.15) is 18.1 Å². The molecule has 1 saturated heterocycles. The molecule has 3 aliphatic rings. The van der Waals surface area contributed by atoms with Crippen LogP contribution in [0, 0.1) is 23.2 Å². The molecular weight excluding hydrogens is 690 g/mol. The van der Waals surface area contributed by atoms with Gasteiger partial charge in [-0.15, -0.1) is 6.58 Å². The highest BCUT2D eigenvalue weighted by atomic mass is 16.2. The molecule has 2 saturated carbocycles. The van der Waals surface area contributed by atoms with Gasteiger partial charge < -0.3 is 36.4 Å². The Morgan fingerprint density at radius 3 is 2.20 bits per heavy atom. The van der Waals surface area contributed by atoms with Crippen LogP contribution in [0.15, 0.2) is 43.0 Å². The van der Waals surface area contributed by atoms with E-state index in [2.05, 4.69) is 33.2 Å². The Morgan fingerprint density at radius 1 is 0.963 bits per heavy atom. The summed E-state index contributed by atoms with van der Waals surface area (Å²) in [7, 11) is 3.12. The summed E-state index contributed by atoms with van der Waals surface area (Å²) in [5.41, 5.74) is -0.202. The number of carbonyl (C=O) groups is 7. The lowest BCUT2D eigenvalue weighted by molar-refractivity contribution is -0.145. The third kappa shape index (κ3) is 10.3. The maximum atomic E-state index is 14.4. The van der Waals surface area contributed by atoms with Crippen molar-refractivity contribution in [2.45, 2.75) is 109 Å². The molecule has 0 spiro atoms. The molecule has 5 N–H and O–H groups in total. The van der Waals surface area contributed by atoms with Crippen molar-refractivity contribution in [2.75, 3.05) is 27.2 Å². The number of allylic oxidation sites excluding steroid dienone is 1. The van der Waals surface area contributed by atoms with Crippen LogP contribution in [-0.2, 0) is 28.8 Å². The molecule has 6 atom stereocenters. The fourth-order valence-corrected chi connectivity index (χ4v) is 7.98. The second-order valence-corrected chi connectivity index (χ2v) is 16.7. The number of piperidine rings is 1. The van der Waals surface area contributed by atoms with E-state index in [4.69, 9.17) is 0 Å². The van der Waals surface area contributed by atoms with E-state index in [0.29, 0.717) is 18.5 Å². The van der Waals surface area contributed by atoms with Gasteiger partial charge in [-0.25, -0.2) is 4.79 Å². The van der Waals surface area contributed by atoms with Gasteiger partial charge in [0.2, 0.25) is 29.4 Å². The zero-order valence-electron chi connectivity index (χ0n) is 32.8. The van der Waals surface area contributed by atoms with E-state index in [1.807, 2.05) is 34.6 Å². The summed E-state index contributed by atoms with van der Waals surface area (Å²) in [6, 6.07) is 4.20. The van der Waals surface area contributed by atoms with Gasteiger partial charge in [-0.3, -0.25) is 28.8 Å². The van der Waals surface area contributed by atoms with Crippen molar-refractivity contribution in [2.24, 2.45) is 23.2 Å². The first-order valence-corrected chi connectivity index (χ1v) is 19.0. The summed E-state index contributed by atoms with van der Waals surface area (Å²) in [6.07, 6.45) is 6.43. The first kappa shape index (κ1) is 42.0. The summed E-state index contributed by atoms with van der Waals surface area (Å²) in [6.45, 7) is 13.1. The quantitative estimate of drug-likeness (QED) is 0.135. The van der Waals surface area contributed by atoms with Crippen molar-refractivity contribution in [3.63, 3.8) is 0 Å². The van der Waals surface area contributed by atoms with Crippen LogP contribution in [0.2, 0.25) is 0 Å². The minimum absolute atomic E-state index is 0.0517. The first-order chi connectivity index (χ1) is 25.4. The average Bonchev–Trinajstić information content (AvgIpc) is 3.42. The lowest BCUT2D eigenvalue weighted by atomic mass is 9.83. The van der Waals surface area contributed by atoms with Gasteiger partial charge in [-0.1, -0.05) is 69.5 Å². The molecule has 54 heavy (non-hydrogen) atoms. The first-order valence-electron chi connectivity index (χ1n) is 19.0. The number of rotatable bonds is 15. The second-order valence-electron chi connectivity index (χ2n) is 16.7. The Morgan fingerprint density at radius 2 is 1.61 bits per heavy atom. The molecule has 2 aliphatic carbocycles. The molecule has 1 aromatic rings. The fourth-order valence-electron chi connectivity index (χ4n) is 7.98. The number of fused-ring (bicyclic) bond motifs is 1. The number of Topliss-reactive ketones (excluding diaryl/α,β-unsaturated/α-hetero) is 1. The normalized spacial score (nSPS) is 22.0. The zero-order chi connectivity index (χ0) is 40.0. The van der Waals surface area contributed by atoms with Gasteiger partial charge >= 0.3 is 6.03 Å². The van der Waals surface area contributed by atoms with Crippen molar-refractivity contribution in [1.82, 2.24) is 36.4 Å². The number of hydrogen-bond acceptors (Lipinski definition) is 7. The van der Waals surface area contributed by atoms with Crippen LogP contribution in [0.5, 0.6) is 0 Å². The minimum atomic E-state index is -1.26. The Bertz CT molecular complexity index is 1580. The summed E-state index contributed by atoms with van der Waals surface area (Å²) in [5, 5.41) is 13.6. The van der Waals surface area contributed by atoms with Gasteiger partial charge in [0.05, 0.1) is 12.6 Å². The number of carbonyl (C=O) groups excluding carboxylic acids is 7. The van der Waals surface area contributed by atoms with Crippen LogP contribution >= 0.6 is 0 Å². The van der Waals surface area contributed by atoms with Gasteiger partial charge in [0.15, 0.2) is 0 Å². The smallest absolute Gasteiger partial charge is 0.315 e. The average molecular weight is 750 g/mol. The molecular formula is C40H59N7O7. The molecule has 0 bridgehead atoms. The zero-order valence-corrected chi connectivity index (χ0v) is 32.8. The maximum Gasteiger partial charge on any atom is 0.315 e. The van der Waals surface area contributed by atoms with Crippen molar-refractivity contribution in [1.29, 1.82) is 0 Å². The molecule has 14 nitrogen and oxygen atoms in total. The number of nitrogens with one attached hydrogen (secondary N) is 5. The van der Waals surface area contributed by atoms with Crippen LogP contribution in [0.3, 0.4) is 0 Å². The van der Waals surface area contributed by atoms with Crippen molar-refractivity contribution in [3.05, 3.63) is 48.6 Å². The molecule has 4 unspecified atom stereocenters. The molecule has 4 rings (SSSR count). The van der Waals surface area contributed by atoms with Gasteiger partial charge in [0.25, 0.3) is 5.91 Å². The summed E-state index contributed by atoms with van der Waals surface area (Å²) >= 11 is 0. The number of likely N-dealkylation sites (N-methyl/N-ethyl adjacent to an activating group) is 1. The topological polar surface area (TPSA) is 186 Å². The van der Waals surface area contributed by atoms with Crippen LogP contribution in [-0.4, -0.2) is 102 Å². The lowest BCUT2D eigenvalue weighted by Crippen LogP contribution is -2.61. The third-order valence-corrected chi connectivity index (χ3v) is 11.0. The minimum Gasteiger partial charge on any atom is -0.347 e. The van der Waals surface area contributed by atoms with Crippen LogP contribution in [0.4, 0.5) is 4.79 Å². The monoisotopic (exact) mass is 749 g/mol. The van der Waals surface area contributed by atoms with Gasteiger partial charge in [-0.2, -0.15) is 0 Å². The molecule has 1 aliphatic heterocycles. The van der Waals surface area contributed by atoms with E-state index in [1.54, 1.807) is 55.4 Å². The highest BCUT2D eigenvalue weighted by Crippen LogP contribution is 2.65. The molecule has 1 heterocycles. The SMILES string of the molecule is C=CCCC(NC(=O)[C@@H]1C2C(CN1C(=O)C(NC(=O)NC(C)(C)C)C1CCCCC1)C2(C)C)C(=O)C(=O)NCC(=O)N[C@H](C(=O)N(C)C)c1ccccc1. The van der Waals surface area contributed by atoms with E-state index in [0.717, 1.165) is 32.1 Å². The highest BCUT2D eigenvalue weighted by Gasteiger charge is 2.69. The maximum absolute atomic E-state index is 14.4. The predicted octanol–water partition coefficient (Wildman–Crippen LogP) is 2.60. The van der Waals surface area contributed by atoms with Gasteiger partial charge in [-0.05, 0) is 75.2 Å². The van der Waals surface area contributed by atoms with Crippen molar-refractivity contribution >= 4 is 41.4 Å². The van der Waals surface area contributed by atoms with Gasteiger partial charge in [0, 0.05) is 26.2 Å². The molecule has 7 amide bonds. The Hall–Kier alpha value is -4.75. The van der Waals surface area contributed by atoms with Crippen molar-refractivity contribution in [3.8, 4) is 0 Å². The number of benzene rings is 1. The predicted molar refractivity (Wildman–Crippen MR) is 203 cm³/mol. The van der Waals surface area contributed by atoms with E-state index >= 15 is 0 Å². The summed E-state index contributed by atoms with van der Waals surface area (Å²) < 4.78 is 0. The number of ketones is 1. The van der Waals surface area contributed by atoms with E-state index in [1.165, 1.54) is 4.90 Å². The summed E-state index contributed by atoms with van der Waals surface area (Å²) in [5.74, 6) is -4.18. The highest BCUT2D eigenvalue weighted by molar-refractivity contribution is 6.38. The Labute approximate surface area is 319 Å². The molecule has 0 aromatic heterocycles. The molecule has 296 valence electrons. The lowest BCUT2D eigenvalue weighted by Gasteiger charge is -2.37. The second kappa shape index (κ2) is 17.6.